The Labute approximate surface area is 116 Å². The summed E-state index contributed by atoms with van der Waals surface area (Å²) in [6, 6.07) is 0. The molecular weight excluding hydrogens is 246 g/mol. The molecule has 0 aromatic rings. The fourth-order valence-electron chi connectivity index (χ4n) is 2.83. The monoisotopic (exact) mass is 274 g/mol. The zero-order valence-corrected chi connectivity index (χ0v) is 12.2. The lowest BCUT2D eigenvalue weighted by Crippen LogP contribution is -2.15. The maximum absolute atomic E-state index is 13.6. The Balaban J connectivity index is 2.39. The number of ketones is 1. The summed E-state index contributed by atoms with van der Waals surface area (Å²) in [6.45, 7) is 2.06. The van der Waals surface area contributed by atoms with Gasteiger partial charge in [0.1, 0.15) is 5.78 Å². The second-order valence-corrected chi connectivity index (χ2v) is 6.22. The molecule has 0 heterocycles. The van der Waals surface area contributed by atoms with Gasteiger partial charge in [0.2, 0.25) is 5.92 Å². The maximum Gasteiger partial charge on any atom is 0.248 e. The highest BCUT2D eigenvalue weighted by Gasteiger charge is 2.27. The number of rotatable bonds is 0. The van der Waals surface area contributed by atoms with E-state index in [4.69, 9.17) is 0 Å². The predicted octanol–water partition coefficient (Wildman–Crippen LogP) is 5.52. The van der Waals surface area contributed by atoms with Gasteiger partial charge >= 0.3 is 0 Å². The topological polar surface area (TPSA) is 17.1 Å². The van der Waals surface area contributed by atoms with E-state index in [-0.39, 0.29) is 12.8 Å². The fraction of sp³-hybridized carbons (Fsp3) is 0.938. The number of hydrogen-bond acceptors (Lipinski definition) is 1. The third-order valence-corrected chi connectivity index (χ3v) is 4.06. The second kappa shape index (κ2) is 8.65. The molecule has 0 amide bonds. The Kier molecular flexibility index (Phi) is 7.55. The Morgan fingerprint density at radius 3 is 2.26 bits per heavy atom. The molecule has 3 heteroatoms. The van der Waals surface area contributed by atoms with Crippen molar-refractivity contribution in [3.05, 3.63) is 0 Å². The molecule has 0 unspecified atom stereocenters. The minimum absolute atomic E-state index is 0.0215. The molecule has 0 aromatic carbocycles. The summed E-state index contributed by atoms with van der Waals surface area (Å²) in [5.41, 5.74) is 0. The summed E-state index contributed by atoms with van der Waals surface area (Å²) < 4.78 is 27.1. The van der Waals surface area contributed by atoms with Gasteiger partial charge in [0.05, 0.1) is 0 Å². The highest BCUT2D eigenvalue weighted by molar-refractivity contribution is 5.78. The number of carbonyl (C=O) groups excluding carboxylic acids is 1. The van der Waals surface area contributed by atoms with Crippen molar-refractivity contribution in [2.75, 3.05) is 0 Å². The Morgan fingerprint density at radius 1 is 0.947 bits per heavy atom. The van der Waals surface area contributed by atoms with Crippen LogP contribution in [0, 0.1) is 5.92 Å². The summed E-state index contributed by atoms with van der Waals surface area (Å²) in [4.78, 5) is 11.7. The molecule has 1 aliphatic rings. The SMILES string of the molecule is C[C@@H]1CCCCC(F)(F)CCCCCCCC(=O)C1. The van der Waals surface area contributed by atoms with Crippen molar-refractivity contribution >= 4 is 5.78 Å². The van der Waals surface area contributed by atoms with Crippen molar-refractivity contribution < 1.29 is 13.6 Å². The van der Waals surface area contributed by atoms with Crippen molar-refractivity contribution in [2.45, 2.75) is 89.9 Å². The van der Waals surface area contributed by atoms with E-state index in [1.54, 1.807) is 0 Å². The Morgan fingerprint density at radius 2 is 1.53 bits per heavy atom. The molecule has 1 fully saturated rings. The highest BCUT2D eigenvalue weighted by Crippen LogP contribution is 2.29. The molecule has 1 saturated carbocycles. The molecule has 19 heavy (non-hydrogen) atoms. The molecule has 1 rings (SSSR count). The third kappa shape index (κ3) is 8.33. The summed E-state index contributed by atoms with van der Waals surface area (Å²) in [7, 11) is 0. The van der Waals surface area contributed by atoms with Crippen LogP contribution in [0.4, 0.5) is 8.78 Å². The van der Waals surface area contributed by atoms with Crippen LogP contribution in [0.25, 0.3) is 0 Å². The van der Waals surface area contributed by atoms with E-state index in [9.17, 15) is 13.6 Å². The van der Waals surface area contributed by atoms with Gasteiger partial charge in [-0.05, 0) is 25.2 Å². The van der Waals surface area contributed by atoms with Gasteiger partial charge in [-0.2, -0.15) is 0 Å². The first kappa shape index (κ1) is 16.6. The van der Waals surface area contributed by atoms with Crippen LogP contribution < -0.4 is 0 Å². The van der Waals surface area contributed by atoms with Crippen LogP contribution in [0.3, 0.4) is 0 Å². The van der Waals surface area contributed by atoms with E-state index in [0.717, 1.165) is 38.5 Å². The summed E-state index contributed by atoms with van der Waals surface area (Å²) in [5, 5.41) is 0. The van der Waals surface area contributed by atoms with E-state index in [1.165, 1.54) is 0 Å². The van der Waals surface area contributed by atoms with Gasteiger partial charge in [-0.3, -0.25) is 4.79 Å². The van der Waals surface area contributed by atoms with E-state index in [1.807, 2.05) is 0 Å². The first-order valence-corrected chi connectivity index (χ1v) is 7.89. The lowest BCUT2D eigenvalue weighted by molar-refractivity contribution is -0.120. The van der Waals surface area contributed by atoms with Crippen LogP contribution in [0.1, 0.15) is 84.0 Å². The lowest BCUT2D eigenvalue weighted by Gasteiger charge is -2.16. The van der Waals surface area contributed by atoms with E-state index >= 15 is 0 Å². The highest BCUT2D eigenvalue weighted by atomic mass is 19.3. The molecule has 0 saturated heterocycles. The Hall–Kier alpha value is -0.470. The van der Waals surface area contributed by atoms with Crippen LogP contribution in [-0.4, -0.2) is 11.7 Å². The average molecular weight is 274 g/mol. The van der Waals surface area contributed by atoms with Crippen molar-refractivity contribution in [1.29, 1.82) is 0 Å². The quantitative estimate of drug-likeness (QED) is 0.568. The van der Waals surface area contributed by atoms with Crippen molar-refractivity contribution in [3.63, 3.8) is 0 Å². The minimum atomic E-state index is -2.47. The fourth-order valence-corrected chi connectivity index (χ4v) is 2.83. The van der Waals surface area contributed by atoms with Gasteiger partial charge in [0.25, 0.3) is 0 Å². The van der Waals surface area contributed by atoms with Crippen molar-refractivity contribution in [3.8, 4) is 0 Å². The number of Topliss-reactive ketones (excluding diaryl/α,β-unsaturated/α-hetero) is 1. The maximum atomic E-state index is 13.6. The minimum Gasteiger partial charge on any atom is -0.300 e. The van der Waals surface area contributed by atoms with Crippen molar-refractivity contribution in [2.24, 2.45) is 5.92 Å². The molecule has 0 aliphatic heterocycles. The average Bonchev–Trinajstić information content (AvgIpc) is 2.33. The molecule has 0 bridgehead atoms. The molecule has 1 aliphatic carbocycles. The van der Waals surface area contributed by atoms with Gasteiger partial charge in [-0.1, -0.05) is 39.0 Å². The van der Waals surface area contributed by atoms with Crippen LogP contribution in [0.2, 0.25) is 0 Å². The molecule has 0 aromatic heterocycles. The summed E-state index contributed by atoms with van der Waals surface area (Å²) in [6.07, 6.45) is 8.12. The smallest absolute Gasteiger partial charge is 0.248 e. The van der Waals surface area contributed by atoms with Crippen LogP contribution in [-0.2, 0) is 4.79 Å². The first-order valence-electron chi connectivity index (χ1n) is 7.89. The summed E-state index contributed by atoms with van der Waals surface area (Å²) >= 11 is 0. The van der Waals surface area contributed by atoms with Gasteiger partial charge in [0.15, 0.2) is 0 Å². The van der Waals surface area contributed by atoms with E-state index < -0.39 is 5.92 Å². The number of hydrogen-bond donors (Lipinski definition) is 0. The van der Waals surface area contributed by atoms with Gasteiger partial charge < -0.3 is 0 Å². The van der Waals surface area contributed by atoms with Crippen molar-refractivity contribution in [1.82, 2.24) is 0 Å². The van der Waals surface area contributed by atoms with Crippen LogP contribution in [0.5, 0.6) is 0 Å². The normalized spacial score (nSPS) is 28.4. The van der Waals surface area contributed by atoms with Gasteiger partial charge in [-0.15, -0.1) is 0 Å². The van der Waals surface area contributed by atoms with Gasteiger partial charge in [0, 0.05) is 25.7 Å². The van der Waals surface area contributed by atoms with Crippen LogP contribution in [0.15, 0.2) is 0 Å². The largest absolute Gasteiger partial charge is 0.300 e. The molecular formula is C16H28F2O. The molecule has 112 valence electrons. The molecule has 0 spiro atoms. The molecule has 1 nitrogen and oxygen atoms in total. The number of carbonyl (C=O) groups is 1. The first-order chi connectivity index (χ1) is 8.99. The molecule has 1 atom stereocenters. The third-order valence-electron chi connectivity index (χ3n) is 4.06. The second-order valence-electron chi connectivity index (χ2n) is 6.22. The standard InChI is InChI=1S/C16H28F2O/c1-14-9-6-8-12-16(17,18)11-7-4-2-3-5-10-15(19)13-14/h14H,2-13H2,1H3/t14-/m1/s1. The van der Waals surface area contributed by atoms with Crippen LogP contribution >= 0.6 is 0 Å². The molecule has 0 radical (unpaired) electrons. The zero-order chi connectivity index (χ0) is 14.1. The molecule has 0 N–H and O–H groups in total. The number of halogens is 2. The van der Waals surface area contributed by atoms with E-state index in [0.29, 0.717) is 37.4 Å². The lowest BCUT2D eigenvalue weighted by atomic mass is 9.95. The predicted molar refractivity (Wildman–Crippen MR) is 74.5 cm³/mol. The summed E-state index contributed by atoms with van der Waals surface area (Å²) in [5.74, 6) is -1.77. The zero-order valence-electron chi connectivity index (χ0n) is 12.2. The van der Waals surface area contributed by atoms with Gasteiger partial charge in [-0.25, -0.2) is 8.78 Å². The Bertz CT molecular complexity index is 263. The number of alkyl halides is 2. The van der Waals surface area contributed by atoms with E-state index in [2.05, 4.69) is 6.92 Å².